The highest BCUT2D eigenvalue weighted by Gasteiger charge is 2.21. The number of halogens is 1. The van der Waals surface area contributed by atoms with Crippen LogP contribution < -0.4 is 5.32 Å². The van der Waals surface area contributed by atoms with Crippen molar-refractivity contribution in [3.63, 3.8) is 0 Å². The van der Waals surface area contributed by atoms with Gasteiger partial charge in [0.1, 0.15) is 11.0 Å². The van der Waals surface area contributed by atoms with Gasteiger partial charge in [0.15, 0.2) is 0 Å². The molecule has 0 aromatic carbocycles. The molecule has 17 heavy (non-hydrogen) atoms. The molecule has 2 N–H and O–H groups in total. The van der Waals surface area contributed by atoms with Crippen LogP contribution in [0.25, 0.3) is 0 Å². The van der Waals surface area contributed by atoms with E-state index in [-0.39, 0.29) is 12.6 Å². The average molecular weight is 258 g/mol. The van der Waals surface area contributed by atoms with E-state index in [9.17, 15) is 5.11 Å². The maximum Gasteiger partial charge on any atom is 0.129 e. The first-order chi connectivity index (χ1) is 8.22. The summed E-state index contributed by atoms with van der Waals surface area (Å²) in [5, 5.41) is 13.6. The fourth-order valence-electron chi connectivity index (χ4n) is 2.49. The molecule has 1 aliphatic rings. The summed E-state index contributed by atoms with van der Waals surface area (Å²) in [5.41, 5.74) is 0. The minimum Gasteiger partial charge on any atom is -0.394 e. The Labute approximate surface area is 107 Å². The molecule has 1 aromatic heterocycles. The Kier molecular flexibility index (Phi) is 4.42. The number of hydrogen-bond acceptors (Lipinski definition) is 3. The van der Waals surface area contributed by atoms with E-state index in [0.717, 1.165) is 5.82 Å². The molecule has 4 nitrogen and oxygen atoms in total. The topological polar surface area (TPSA) is 50.1 Å². The van der Waals surface area contributed by atoms with Crippen LogP contribution in [-0.4, -0.2) is 27.3 Å². The minimum absolute atomic E-state index is 0.0533. The predicted molar refractivity (Wildman–Crippen MR) is 68.1 cm³/mol. The highest BCUT2D eigenvalue weighted by atomic mass is 35.5. The lowest BCUT2D eigenvalue weighted by Crippen LogP contribution is -2.37. The van der Waals surface area contributed by atoms with Crippen molar-refractivity contribution < 1.29 is 5.11 Å². The van der Waals surface area contributed by atoms with Crippen LogP contribution in [0.2, 0.25) is 5.15 Å². The van der Waals surface area contributed by atoms with Gasteiger partial charge in [-0.15, -0.1) is 0 Å². The summed E-state index contributed by atoms with van der Waals surface area (Å²) in [4.78, 5) is 4.26. The number of aliphatic hydroxyl groups is 1. The normalized spacial score (nSPS) is 19.5. The van der Waals surface area contributed by atoms with Crippen molar-refractivity contribution in [2.24, 2.45) is 7.05 Å². The summed E-state index contributed by atoms with van der Waals surface area (Å²) in [6.07, 6.45) is 7.88. The predicted octanol–water partition coefficient (Wildman–Crippen LogP) is 2.03. The molecule has 0 saturated heterocycles. The Hall–Kier alpha value is -0.580. The summed E-state index contributed by atoms with van der Waals surface area (Å²) in [5.74, 6) is 0.808. The van der Waals surface area contributed by atoms with Crippen LogP contribution in [-0.2, 0) is 7.05 Å². The van der Waals surface area contributed by atoms with Crippen LogP contribution in [0.4, 0.5) is 0 Å². The molecule has 1 heterocycles. The van der Waals surface area contributed by atoms with Gasteiger partial charge in [-0.25, -0.2) is 4.98 Å². The number of nitrogens with zero attached hydrogens (tertiary/aromatic N) is 2. The third-order valence-electron chi connectivity index (χ3n) is 3.50. The molecule has 2 rings (SSSR count). The fraction of sp³-hybridized carbons (Fsp3) is 0.750. The number of nitrogens with one attached hydrogen (secondary N) is 1. The summed E-state index contributed by atoms with van der Waals surface area (Å²) in [7, 11) is 1.87. The summed E-state index contributed by atoms with van der Waals surface area (Å²) < 4.78 is 1.82. The van der Waals surface area contributed by atoms with Gasteiger partial charge in [0.05, 0.1) is 18.8 Å². The van der Waals surface area contributed by atoms with Gasteiger partial charge >= 0.3 is 0 Å². The van der Waals surface area contributed by atoms with E-state index in [2.05, 4.69) is 10.3 Å². The van der Waals surface area contributed by atoms with Gasteiger partial charge in [0, 0.05) is 13.1 Å². The Balaban J connectivity index is 2.03. The molecule has 1 aliphatic carbocycles. The zero-order valence-corrected chi connectivity index (χ0v) is 11.0. The van der Waals surface area contributed by atoms with Crippen molar-refractivity contribution in [1.29, 1.82) is 0 Å². The Bertz CT molecular complexity index is 361. The molecule has 0 amide bonds. The van der Waals surface area contributed by atoms with E-state index in [0.29, 0.717) is 11.2 Å². The Morgan fingerprint density at radius 3 is 2.76 bits per heavy atom. The molecule has 1 saturated carbocycles. The monoisotopic (exact) mass is 257 g/mol. The van der Waals surface area contributed by atoms with Crippen molar-refractivity contribution in [3.8, 4) is 0 Å². The standard InChI is InChI=1S/C12H20ClN3O/c1-16-11(13)7-14-12(16)10(8-17)15-9-5-3-2-4-6-9/h7,9-10,15,17H,2-6,8H2,1H3. The lowest BCUT2D eigenvalue weighted by Gasteiger charge is -2.27. The van der Waals surface area contributed by atoms with Crippen LogP contribution in [0.1, 0.15) is 44.0 Å². The molecular formula is C12H20ClN3O. The zero-order chi connectivity index (χ0) is 12.3. The smallest absolute Gasteiger partial charge is 0.129 e. The van der Waals surface area contributed by atoms with Gasteiger partial charge in [-0.3, -0.25) is 0 Å². The van der Waals surface area contributed by atoms with Gasteiger partial charge < -0.3 is 15.0 Å². The Morgan fingerprint density at radius 2 is 2.24 bits per heavy atom. The lowest BCUT2D eigenvalue weighted by atomic mass is 9.95. The fourth-order valence-corrected chi connectivity index (χ4v) is 2.62. The maximum absolute atomic E-state index is 9.48. The number of hydrogen-bond donors (Lipinski definition) is 2. The van der Waals surface area contributed by atoms with Gasteiger partial charge in [0.25, 0.3) is 0 Å². The van der Waals surface area contributed by atoms with Gasteiger partial charge in [-0.1, -0.05) is 30.9 Å². The average Bonchev–Trinajstić information content (AvgIpc) is 2.69. The number of imidazole rings is 1. The molecule has 96 valence electrons. The van der Waals surface area contributed by atoms with Crippen molar-refractivity contribution >= 4 is 11.6 Å². The summed E-state index contributed by atoms with van der Waals surface area (Å²) >= 11 is 5.96. The maximum atomic E-state index is 9.48. The van der Waals surface area contributed by atoms with E-state index in [1.807, 2.05) is 11.6 Å². The molecular weight excluding hydrogens is 238 g/mol. The van der Waals surface area contributed by atoms with Crippen LogP contribution in [0.3, 0.4) is 0 Å². The molecule has 0 bridgehead atoms. The largest absolute Gasteiger partial charge is 0.394 e. The third-order valence-corrected chi connectivity index (χ3v) is 3.85. The van der Waals surface area contributed by atoms with Crippen molar-refractivity contribution in [2.45, 2.75) is 44.2 Å². The summed E-state index contributed by atoms with van der Waals surface area (Å²) in [6.45, 7) is 0.0533. The van der Waals surface area contributed by atoms with Gasteiger partial charge in [0.2, 0.25) is 0 Å². The SMILES string of the molecule is Cn1c(Cl)cnc1C(CO)NC1CCCCC1. The van der Waals surface area contributed by atoms with E-state index in [1.54, 1.807) is 6.20 Å². The first-order valence-corrected chi connectivity index (χ1v) is 6.64. The van der Waals surface area contributed by atoms with E-state index < -0.39 is 0 Å². The third kappa shape index (κ3) is 3.00. The highest BCUT2D eigenvalue weighted by Crippen LogP contribution is 2.22. The van der Waals surface area contributed by atoms with Crippen LogP contribution in [0, 0.1) is 0 Å². The molecule has 0 aliphatic heterocycles. The lowest BCUT2D eigenvalue weighted by molar-refractivity contribution is 0.213. The number of rotatable bonds is 4. The van der Waals surface area contributed by atoms with Crippen LogP contribution >= 0.6 is 11.6 Å². The molecule has 1 aromatic rings. The first kappa shape index (κ1) is 12.9. The second kappa shape index (κ2) is 5.85. The van der Waals surface area contributed by atoms with Gasteiger partial charge in [-0.2, -0.15) is 0 Å². The van der Waals surface area contributed by atoms with Crippen molar-refractivity contribution in [3.05, 3.63) is 17.2 Å². The molecule has 0 radical (unpaired) electrons. The quantitative estimate of drug-likeness (QED) is 0.868. The van der Waals surface area contributed by atoms with Crippen LogP contribution in [0.5, 0.6) is 0 Å². The molecule has 1 atom stereocenters. The molecule has 1 unspecified atom stereocenters. The zero-order valence-electron chi connectivity index (χ0n) is 10.2. The molecule has 0 spiro atoms. The van der Waals surface area contributed by atoms with E-state index in [4.69, 9.17) is 11.6 Å². The number of aromatic nitrogens is 2. The van der Waals surface area contributed by atoms with Crippen molar-refractivity contribution in [2.75, 3.05) is 6.61 Å². The number of aliphatic hydroxyl groups excluding tert-OH is 1. The minimum atomic E-state index is -0.115. The summed E-state index contributed by atoms with van der Waals surface area (Å²) in [6, 6.07) is 0.381. The molecule has 5 heteroatoms. The second-order valence-corrected chi connectivity index (χ2v) is 5.12. The Morgan fingerprint density at radius 1 is 1.53 bits per heavy atom. The highest BCUT2D eigenvalue weighted by molar-refractivity contribution is 6.29. The van der Waals surface area contributed by atoms with Crippen LogP contribution in [0.15, 0.2) is 6.20 Å². The van der Waals surface area contributed by atoms with Crippen molar-refractivity contribution in [1.82, 2.24) is 14.9 Å². The molecule has 1 fully saturated rings. The second-order valence-electron chi connectivity index (χ2n) is 4.73. The van der Waals surface area contributed by atoms with E-state index >= 15 is 0 Å². The first-order valence-electron chi connectivity index (χ1n) is 6.26. The van der Waals surface area contributed by atoms with E-state index in [1.165, 1.54) is 32.1 Å². The van der Waals surface area contributed by atoms with Gasteiger partial charge in [-0.05, 0) is 12.8 Å².